The first-order valence-corrected chi connectivity index (χ1v) is 0. The fourth-order valence-electron chi connectivity index (χ4n) is 0. The minimum atomic E-state index is 0. The Labute approximate surface area is 32.2 Å². The summed E-state index contributed by atoms with van der Waals surface area (Å²) in [4.78, 5) is 0. The number of rotatable bonds is 0. The van der Waals surface area contributed by atoms with Crippen LogP contribution in [0.4, 0.5) is 0 Å². The van der Waals surface area contributed by atoms with Crippen molar-refractivity contribution < 1.29 is 31.2 Å². The molecular weight excluding hydrogens is 112 g/mol. The topological polar surface area (TPSA) is 0 Å². The Morgan fingerprint density at radius 3 is 0.500 bits per heavy atom. The van der Waals surface area contributed by atoms with Gasteiger partial charge in [-0.05, 0) is 0 Å². The molecule has 29 valence electrons. The van der Waals surface area contributed by atoms with E-state index in [4.69, 9.17) is 0 Å². The maximum Gasteiger partial charge on any atom is 2.00 e. The molecule has 0 rings (SSSR count). The van der Waals surface area contributed by atoms with Crippen molar-refractivity contribution in [3.63, 3.8) is 0 Å². The molecule has 0 unspecified atom stereocenters. The molecule has 0 fully saturated rings. The maximum absolute atomic E-state index is 0. The zero-order valence-corrected chi connectivity index (χ0v) is 2.69. The van der Waals surface area contributed by atoms with E-state index in [1.54, 1.807) is 0 Å². The molecule has 0 spiro atoms. The summed E-state index contributed by atoms with van der Waals surface area (Å²) in [7, 11) is 0. The fourth-order valence-corrected chi connectivity index (χ4v) is 0. The molecule has 0 aliphatic heterocycles. The van der Waals surface area contributed by atoms with Gasteiger partial charge in [0.15, 0.2) is 0 Å². The summed E-state index contributed by atoms with van der Waals surface area (Å²) in [6, 6.07) is 0. The third kappa shape index (κ3) is 41.3. The molecule has 0 atom stereocenters. The summed E-state index contributed by atoms with van der Waals surface area (Å²) >= 11 is 0. The summed E-state index contributed by atoms with van der Waals surface area (Å²) in [5.41, 5.74) is 0. The Bertz CT molecular complexity index is 3.25. The van der Waals surface area contributed by atoms with E-state index in [1.165, 1.54) is 0 Å². The molecule has 4 heteroatoms. The second kappa shape index (κ2) is 184. The van der Waals surface area contributed by atoms with Gasteiger partial charge in [-0.25, -0.2) is 0 Å². The number of halogens is 3. The SMILES string of the molecule is [F-].[F-].[F-].[Mn+2]. The third-order valence-electron chi connectivity index (χ3n) is 0. The van der Waals surface area contributed by atoms with Crippen LogP contribution >= 0.6 is 0 Å². The van der Waals surface area contributed by atoms with Gasteiger partial charge in [-0.15, -0.1) is 0 Å². The van der Waals surface area contributed by atoms with Crippen LogP contribution in [0.2, 0.25) is 0 Å². The Morgan fingerprint density at radius 2 is 0.500 bits per heavy atom. The van der Waals surface area contributed by atoms with Gasteiger partial charge in [0.05, 0.1) is 0 Å². The van der Waals surface area contributed by atoms with E-state index in [0.29, 0.717) is 0 Å². The summed E-state index contributed by atoms with van der Waals surface area (Å²) < 4.78 is 0. The first-order valence-electron chi connectivity index (χ1n) is 0. The Hall–Kier alpha value is 0.309. The van der Waals surface area contributed by atoms with Crippen LogP contribution < -0.4 is 14.1 Å². The van der Waals surface area contributed by atoms with Gasteiger partial charge in [-0.1, -0.05) is 0 Å². The van der Waals surface area contributed by atoms with E-state index in [0.717, 1.165) is 0 Å². The molecule has 0 saturated heterocycles. The quantitative estimate of drug-likeness (QED) is 0.273. The second-order valence-electron chi connectivity index (χ2n) is 0. The smallest absolute Gasteiger partial charge is 1.00 e. The van der Waals surface area contributed by atoms with E-state index in [1.807, 2.05) is 0 Å². The predicted octanol–water partition coefficient (Wildman–Crippen LogP) is -8.99. The summed E-state index contributed by atoms with van der Waals surface area (Å²) in [5.74, 6) is 0. The number of hydrogen-bond donors (Lipinski definition) is 0. The largest absolute Gasteiger partial charge is 2.00 e. The van der Waals surface area contributed by atoms with Crippen LogP contribution in [-0.4, -0.2) is 0 Å². The Kier molecular flexibility index (Phi) is 22700. The maximum atomic E-state index is 0. The van der Waals surface area contributed by atoms with Crippen LogP contribution in [0.15, 0.2) is 0 Å². The molecule has 4 heavy (non-hydrogen) atoms. The van der Waals surface area contributed by atoms with Gasteiger partial charge in [0.1, 0.15) is 0 Å². The Balaban J connectivity index is 0. The van der Waals surface area contributed by atoms with Crippen LogP contribution in [-0.2, 0) is 17.1 Å². The molecule has 0 N–H and O–H groups in total. The first kappa shape index (κ1) is 493. The van der Waals surface area contributed by atoms with Crippen LogP contribution in [0.3, 0.4) is 0 Å². The summed E-state index contributed by atoms with van der Waals surface area (Å²) in [6.45, 7) is 0. The molecule has 0 aromatic heterocycles. The van der Waals surface area contributed by atoms with Crippen molar-refractivity contribution in [3.05, 3.63) is 0 Å². The molecule has 0 aliphatic carbocycles. The molecular formula is F3Mn-. The molecule has 0 aliphatic rings. The van der Waals surface area contributed by atoms with Gasteiger partial charge in [0, 0.05) is 0 Å². The summed E-state index contributed by atoms with van der Waals surface area (Å²) in [5, 5.41) is 0. The van der Waals surface area contributed by atoms with Crippen molar-refractivity contribution in [1.82, 2.24) is 0 Å². The molecule has 1 radical (unpaired) electrons. The average molecular weight is 112 g/mol. The predicted molar refractivity (Wildman–Crippen MR) is 0 cm³/mol. The van der Waals surface area contributed by atoms with E-state index in [2.05, 4.69) is 0 Å². The Morgan fingerprint density at radius 1 is 0.500 bits per heavy atom. The van der Waals surface area contributed by atoms with E-state index < -0.39 is 0 Å². The van der Waals surface area contributed by atoms with Gasteiger partial charge in [0.2, 0.25) is 0 Å². The fraction of sp³-hybridized carbons (Fsp3) is 0. The van der Waals surface area contributed by atoms with E-state index in [9.17, 15) is 0 Å². The number of hydrogen-bond acceptors (Lipinski definition) is 0. The van der Waals surface area contributed by atoms with Crippen molar-refractivity contribution in [2.45, 2.75) is 0 Å². The zero-order valence-electron chi connectivity index (χ0n) is 1.51. The minimum Gasteiger partial charge on any atom is -1.00 e. The monoisotopic (exact) mass is 112 g/mol. The normalized spacial score (nSPS) is 0. The van der Waals surface area contributed by atoms with E-state index in [-0.39, 0.29) is 31.2 Å². The van der Waals surface area contributed by atoms with E-state index >= 15 is 0 Å². The summed E-state index contributed by atoms with van der Waals surface area (Å²) in [6.07, 6.45) is 0. The zero-order chi connectivity index (χ0) is 0. The van der Waals surface area contributed by atoms with Crippen LogP contribution in [0.5, 0.6) is 0 Å². The molecule has 0 bridgehead atoms. The third-order valence-corrected chi connectivity index (χ3v) is 0. The molecule has 0 saturated carbocycles. The van der Waals surface area contributed by atoms with Crippen molar-refractivity contribution in [1.29, 1.82) is 0 Å². The average Bonchev–Trinajstić information content (AvgIpc) is 0. The second-order valence-corrected chi connectivity index (χ2v) is 0. The van der Waals surface area contributed by atoms with Crippen molar-refractivity contribution in [2.75, 3.05) is 0 Å². The van der Waals surface area contributed by atoms with Gasteiger partial charge < -0.3 is 14.1 Å². The minimum absolute atomic E-state index is 0. The molecule has 0 nitrogen and oxygen atoms in total. The van der Waals surface area contributed by atoms with Crippen molar-refractivity contribution in [3.8, 4) is 0 Å². The first-order chi connectivity index (χ1) is 0. The van der Waals surface area contributed by atoms with Crippen LogP contribution in [0.1, 0.15) is 0 Å². The molecule has 0 aromatic carbocycles. The van der Waals surface area contributed by atoms with Gasteiger partial charge in [0.25, 0.3) is 0 Å². The van der Waals surface area contributed by atoms with Gasteiger partial charge in [-0.2, -0.15) is 0 Å². The van der Waals surface area contributed by atoms with Crippen molar-refractivity contribution >= 4 is 0 Å². The van der Waals surface area contributed by atoms with Crippen LogP contribution in [0.25, 0.3) is 0 Å². The van der Waals surface area contributed by atoms with Gasteiger partial charge >= 0.3 is 17.1 Å². The van der Waals surface area contributed by atoms with Gasteiger partial charge in [-0.3, -0.25) is 0 Å². The standard InChI is InChI=1S/3FH.Mn/h3*1H;/q;;;+2/p-3. The van der Waals surface area contributed by atoms with Crippen molar-refractivity contribution in [2.24, 2.45) is 0 Å². The molecule has 0 heterocycles. The van der Waals surface area contributed by atoms with Crippen LogP contribution in [0, 0.1) is 0 Å². The molecule has 0 amide bonds. The molecule has 0 aromatic rings.